The number of hydrogen-bond acceptors (Lipinski definition) is 1. The average molecular weight is 464 g/mol. The Labute approximate surface area is 173 Å². The van der Waals surface area contributed by atoms with E-state index in [1.807, 2.05) is 0 Å². The van der Waals surface area contributed by atoms with Crippen molar-refractivity contribution in [3.63, 3.8) is 0 Å². The maximum absolute atomic E-state index is 6.12. The van der Waals surface area contributed by atoms with Crippen LogP contribution in [0.5, 0.6) is 5.75 Å². The number of ether oxygens (including phenoxy) is 1. The van der Waals surface area contributed by atoms with E-state index in [-0.39, 0.29) is 0 Å². The molecule has 2 aromatic carbocycles. The molecule has 142 valence electrons. The topological polar surface area (TPSA) is 9.23 Å². The Hall–Kier alpha value is -1.03. The van der Waals surface area contributed by atoms with E-state index in [9.17, 15) is 0 Å². The molecule has 0 aromatic heterocycles. The van der Waals surface area contributed by atoms with Gasteiger partial charge in [-0.2, -0.15) is 0 Å². The third kappa shape index (κ3) is 7.69. The van der Waals surface area contributed by atoms with Crippen molar-refractivity contribution < 1.29 is 4.74 Å². The molecule has 0 amide bonds. The van der Waals surface area contributed by atoms with Crippen LogP contribution in [0.4, 0.5) is 0 Å². The third-order valence-electron chi connectivity index (χ3n) is 4.81. The van der Waals surface area contributed by atoms with Gasteiger partial charge in [-0.25, -0.2) is 0 Å². The molecule has 0 atom stereocenters. The van der Waals surface area contributed by atoms with Crippen molar-refractivity contribution in [3.05, 3.63) is 52.1 Å². The molecular formula is C24H33IO. The zero-order valence-electron chi connectivity index (χ0n) is 16.2. The summed E-state index contributed by atoms with van der Waals surface area (Å²) >= 11 is 2.40. The molecule has 0 bridgehead atoms. The van der Waals surface area contributed by atoms with E-state index >= 15 is 0 Å². The third-order valence-corrected chi connectivity index (χ3v) is 5.75. The van der Waals surface area contributed by atoms with Crippen molar-refractivity contribution in [1.29, 1.82) is 0 Å². The molecule has 0 radical (unpaired) electrons. The Morgan fingerprint density at radius 1 is 0.654 bits per heavy atom. The minimum atomic E-state index is 0.816. The largest absolute Gasteiger partial charge is 0.493 e. The summed E-state index contributed by atoms with van der Waals surface area (Å²) in [5, 5.41) is 0. The van der Waals surface area contributed by atoms with Gasteiger partial charge in [0, 0.05) is 9.13 Å². The second kappa shape index (κ2) is 13.2. The lowest BCUT2D eigenvalue weighted by molar-refractivity contribution is 0.305. The summed E-state index contributed by atoms with van der Waals surface area (Å²) in [6.45, 7) is 3.10. The fourth-order valence-corrected chi connectivity index (χ4v) is 3.94. The predicted molar refractivity (Wildman–Crippen MR) is 122 cm³/mol. The molecule has 26 heavy (non-hydrogen) atoms. The van der Waals surface area contributed by atoms with Crippen LogP contribution in [-0.2, 0) is 0 Å². The van der Waals surface area contributed by atoms with E-state index in [1.165, 1.54) is 72.5 Å². The fourth-order valence-electron chi connectivity index (χ4n) is 3.27. The van der Waals surface area contributed by atoms with Gasteiger partial charge in [0.05, 0.1) is 6.61 Å². The van der Waals surface area contributed by atoms with Crippen molar-refractivity contribution in [1.82, 2.24) is 0 Å². The molecule has 0 aliphatic heterocycles. The molecule has 0 spiro atoms. The maximum atomic E-state index is 6.12. The molecule has 0 unspecified atom stereocenters. The van der Waals surface area contributed by atoms with Gasteiger partial charge < -0.3 is 4.74 Å². The fraction of sp³-hybridized carbons (Fsp3) is 0.500. The van der Waals surface area contributed by atoms with Gasteiger partial charge in [-0.15, -0.1) is 0 Å². The molecular weight excluding hydrogens is 431 g/mol. The molecule has 0 saturated heterocycles. The highest BCUT2D eigenvalue weighted by Gasteiger charge is 2.08. The highest BCUT2D eigenvalue weighted by molar-refractivity contribution is 14.1. The second-order valence-electron chi connectivity index (χ2n) is 7.01. The number of rotatable bonds is 13. The molecule has 0 heterocycles. The van der Waals surface area contributed by atoms with E-state index in [1.54, 1.807) is 0 Å². The molecule has 1 nitrogen and oxygen atoms in total. The number of unbranched alkanes of at least 4 members (excludes halogenated alkanes) is 9. The molecule has 0 aliphatic rings. The minimum Gasteiger partial charge on any atom is -0.493 e. The summed E-state index contributed by atoms with van der Waals surface area (Å²) in [6, 6.07) is 16.9. The summed E-state index contributed by atoms with van der Waals surface area (Å²) < 4.78 is 7.38. The maximum Gasteiger partial charge on any atom is 0.127 e. The van der Waals surface area contributed by atoms with Crippen LogP contribution in [0.2, 0.25) is 0 Å². The zero-order chi connectivity index (χ0) is 18.5. The van der Waals surface area contributed by atoms with E-state index < -0.39 is 0 Å². The lowest BCUT2D eigenvalue weighted by atomic mass is 10.0. The van der Waals surface area contributed by atoms with Crippen LogP contribution in [0.3, 0.4) is 0 Å². The Morgan fingerprint density at radius 3 is 1.85 bits per heavy atom. The van der Waals surface area contributed by atoms with Crippen molar-refractivity contribution in [2.75, 3.05) is 6.61 Å². The molecule has 0 N–H and O–H groups in total. The highest BCUT2D eigenvalue weighted by Crippen LogP contribution is 2.33. The normalized spacial score (nSPS) is 10.8. The molecule has 0 aliphatic carbocycles. The SMILES string of the molecule is CCCCCCCCCCCCOc1ccccc1-c1ccccc1I. The quantitative estimate of drug-likeness (QED) is 0.214. The Kier molecular flexibility index (Phi) is 10.8. The van der Waals surface area contributed by atoms with Crippen LogP contribution in [0, 0.1) is 3.57 Å². The van der Waals surface area contributed by atoms with E-state index in [4.69, 9.17) is 4.74 Å². The Morgan fingerprint density at radius 2 is 1.19 bits per heavy atom. The predicted octanol–water partition coefficient (Wildman–Crippen LogP) is 8.26. The first-order valence-corrected chi connectivity index (χ1v) is 11.4. The Bertz CT molecular complexity index is 623. The lowest BCUT2D eigenvalue weighted by Gasteiger charge is -2.12. The van der Waals surface area contributed by atoms with E-state index in [0.717, 1.165) is 18.8 Å². The summed E-state index contributed by atoms with van der Waals surface area (Å²) in [4.78, 5) is 0. The van der Waals surface area contributed by atoms with Crippen molar-refractivity contribution in [2.45, 2.75) is 71.1 Å². The van der Waals surface area contributed by atoms with Gasteiger partial charge >= 0.3 is 0 Å². The van der Waals surface area contributed by atoms with Crippen LogP contribution in [0.15, 0.2) is 48.5 Å². The molecule has 0 saturated carbocycles. The van der Waals surface area contributed by atoms with Gasteiger partial charge in [0.25, 0.3) is 0 Å². The van der Waals surface area contributed by atoms with Gasteiger partial charge in [-0.1, -0.05) is 101 Å². The van der Waals surface area contributed by atoms with Crippen LogP contribution in [0.25, 0.3) is 11.1 Å². The van der Waals surface area contributed by atoms with Gasteiger partial charge in [-0.3, -0.25) is 0 Å². The number of para-hydroxylation sites is 1. The molecule has 2 heteroatoms. The second-order valence-corrected chi connectivity index (χ2v) is 8.17. The Balaban J connectivity index is 1.66. The summed E-state index contributed by atoms with van der Waals surface area (Å²) in [6.07, 6.45) is 13.6. The monoisotopic (exact) mass is 464 g/mol. The van der Waals surface area contributed by atoms with Gasteiger partial charge in [-0.05, 0) is 46.7 Å². The van der Waals surface area contributed by atoms with Gasteiger partial charge in [0.15, 0.2) is 0 Å². The van der Waals surface area contributed by atoms with Crippen molar-refractivity contribution >= 4 is 22.6 Å². The first kappa shape index (κ1) is 21.3. The highest BCUT2D eigenvalue weighted by atomic mass is 127. The number of hydrogen-bond donors (Lipinski definition) is 0. The minimum absolute atomic E-state index is 0.816. The van der Waals surface area contributed by atoms with Crippen LogP contribution in [-0.4, -0.2) is 6.61 Å². The molecule has 2 aromatic rings. The van der Waals surface area contributed by atoms with Crippen molar-refractivity contribution in [2.24, 2.45) is 0 Å². The first-order chi connectivity index (χ1) is 12.8. The van der Waals surface area contributed by atoms with E-state index in [0.29, 0.717) is 0 Å². The van der Waals surface area contributed by atoms with Gasteiger partial charge in [0.2, 0.25) is 0 Å². The van der Waals surface area contributed by atoms with Crippen LogP contribution in [0.1, 0.15) is 71.1 Å². The summed E-state index contributed by atoms with van der Waals surface area (Å²) in [5.41, 5.74) is 2.45. The zero-order valence-corrected chi connectivity index (χ0v) is 18.3. The molecule has 0 fully saturated rings. The first-order valence-electron chi connectivity index (χ1n) is 10.3. The summed E-state index contributed by atoms with van der Waals surface area (Å²) in [7, 11) is 0. The standard InChI is InChI=1S/C24H33IO/c1-2-3-4-5-6-7-8-9-10-15-20-26-24-19-14-12-17-22(24)21-16-11-13-18-23(21)25/h11-14,16-19H,2-10,15,20H2,1H3. The lowest BCUT2D eigenvalue weighted by Crippen LogP contribution is -1.99. The van der Waals surface area contributed by atoms with E-state index in [2.05, 4.69) is 78.0 Å². The summed E-state index contributed by atoms with van der Waals surface area (Å²) in [5.74, 6) is 1.01. The smallest absolute Gasteiger partial charge is 0.127 e. The van der Waals surface area contributed by atoms with Crippen LogP contribution < -0.4 is 4.74 Å². The molecule has 2 rings (SSSR count). The van der Waals surface area contributed by atoms with Crippen LogP contribution >= 0.6 is 22.6 Å². The number of halogens is 1. The van der Waals surface area contributed by atoms with Crippen molar-refractivity contribution in [3.8, 4) is 16.9 Å². The average Bonchev–Trinajstić information content (AvgIpc) is 2.67. The number of benzene rings is 2. The van der Waals surface area contributed by atoms with Gasteiger partial charge in [0.1, 0.15) is 5.75 Å².